The molecule has 0 spiro atoms. The lowest BCUT2D eigenvalue weighted by Gasteiger charge is -2.36. The minimum Gasteiger partial charge on any atom is -0.341 e. The molecule has 3 rings (SSSR count). The van der Waals surface area contributed by atoms with Crippen molar-refractivity contribution in [2.45, 2.75) is 49.9 Å². The summed E-state index contributed by atoms with van der Waals surface area (Å²) in [6.07, 6.45) is -10.4. The molecule has 0 unspecified atom stereocenters. The van der Waals surface area contributed by atoms with Crippen LogP contribution in [-0.2, 0) is 27.4 Å². The number of hydrogen-bond donors (Lipinski definition) is 0. The standard InChI is InChI=1S/C25H24BF7N2O2/c1-23(2,15-8-16(24(28,29)30)10-17(9-15)25(31,32)33)22(37)34(3)20-13-35(21(36)11-26)12-19(20)14-4-6-18(27)7-5-14/h4-10,19-20H,11-13H2,1-3H3/t19-,20+/m0/s1. The molecule has 1 aliphatic rings. The molecule has 2 atom stereocenters. The van der Waals surface area contributed by atoms with Gasteiger partial charge in [-0.1, -0.05) is 12.1 Å². The fraction of sp³-hybridized carbons (Fsp3) is 0.440. The molecule has 12 heteroatoms. The molecule has 0 bridgehead atoms. The Hall–Kier alpha value is -3.05. The van der Waals surface area contributed by atoms with E-state index in [4.69, 9.17) is 7.85 Å². The number of alkyl halides is 6. The highest BCUT2D eigenvalue weighted by Crippen LogP contribution is 2.40. The van der Waals surface area contributed by atoms with Crippen LogP contribution in [0.3, 0.4) is 0 Å². The molecule has 198 valence electrons. The lowest BCUT2D eigenvalue weighted by atomic mass is 9.80. The molecule has 0 aromatic heterocycles. The first-order chi connectivity index (χ1) is 17.0. The van der Waals surface area contributed by atoms with Crippen molar-refractivity contribution >= 4 is 19.7 Å². The van der Waals surface area contributed by atoms with Crippen molar-refractivity contribution in [2.75, 3.05) is 20.1 Å². The van der Waals surface area contributed by atoms with Crippen LogP contribution in [-0.4, -0.2) is 55.6 Å². The summed E-state index contributed by atoms with van der Waals surface area (Å²) in [4.78, 5) is 28.6. The summed E-state index contributed by atoms with van der Waals surface area (Å²) in [5.74, 6) is -2.14. The van der Waals surface area contributed by atoms with Crippen LogP contribution in [0.5, 0.6) is 0 Å². The van der Waals surface area contributed by atoms with Crippen molar-refractivity contribution in [2.24, 2.45) is 0 Å². The molecule has 2 aromatic carbocycles. The number of amides is 2. The van der Waals surface area contributed by atoms with Gasteiger partial charge in [-0.15, -0.1) is 0 Å². The van der Waals surface area contributed by atoms with Crippen LogP contribution in [0, 0.1) is 5.82 Å². The van der Waals surface area contributed by atoms with E-state index in [-0.39, 0.29) is 25.5 Å². The Balaban J connectivity index is 2.02. The molecule has 2 aromatic rings. The summed E-state index contributed by atoms with van der Waals surface area (Å²) in [6.45, 7) is 2.66. The molecule has 2 amide bonds. The monoisotopic (exact) mass is 528 g/mol. The molecule has 1 saturated heterocycles. The maximum absolute atomic E-state index is 13.6. The molecule has 2 radical (unpaired) electrons. The fourth-order valence-corrected chi connectivity index (χ4v) is 4.58. The lowest BCUT2D eigenvalue weighted by Crippen LogP contribution is -2.49. The van der Waals surface area contributed by atoms with Crippen molar-refractivity contribution in [1.29, 1.82) is 0 Å². The average molecular weight is 528 g/mol. The second-order valence-corrected chi connectivity index (χ2v) is 9.56. The highest BCUT2D eigenvalue weighted by Gasteiger charge is 2.45. The van der Waals surface area contributed by atoms with Gasteiger partial charge in [-0.05, 0) is 61.6 Å². The Morgan fingerprint density at radius 3 is 1.86 bits per heavy atom. The molecule has 0 N–H and O–H groups in total. The van der Waals surface area contributed by atoms with Crippen LogP contribution in [0.15, 0.2) is 42.5 Å². The average Bonchev–Trinajstić information content (AvgIpc) is 3.27. The van der Waals surface area contributed by atoms with Crippen molar-refractivity contribution in [3.05, 3.63) is 70.5 Å². The number of halogens is 7. The van der Waals surface area contributed by atoms with Gasteiger partial charge in [0.1, 0.15) is 5.82 Å². The molecule has 0 aliphatic carbocycles. The summed E-state index contributed by atoms with van der Waals surface area (Å²) in [5, 5.41) is 0. The zero-order valence-electron chi connectivity index (χ0n) is 20.3. The van der Waals surface area contributed by atoms with Gasteiger partial charge in [-0.2, -0.15) is 26.3 Å². The largest absolute Gasteiger partial charge is 0.416 e. The third-order valence-electron chi connectivity index (χ3n) is 6.78. The van der Waals surface area contributed by atoms with E-state index in [0.29, 0.717) is 17.7 Å². The van der Waals surface area contributed by atoms with E-state index in [0.717, 1.165) is 0 Å². The first-order valence-corrected chi connectivity index (χ1v) is 11.3. The first kappa shape index (κ1) is 28.5. The Bertz CT molecular complexity index is 1130. The molecule has 37 heavy (non-hydrogen) atoms. The topological polar surface area (TPSA) is 40.6 Å². The van der Waals surface area contributed by atoms with Gasteiger partial charge in [0.05, 0.1) is 30.4 Å². The van der Waals surface area contributed by atoms with Gasteiger partial charge in [-0.3, -0.25) is 9.59 Å². The van der Waals surface area contributed by atoms with Crippen LogP contribution in [0.1, 0.15) is 42.0 Å². The lowest BCUT2D eigenvalue weighted by molar-refractivity contribution is -0.144. The SMILES string of the molecule is [B]CC(=O)N1C[C@@H](N(C)C(=O)C(C)(C)c2cc(C(F)(F)F)cc(C(F)(F)F)c2)[C@H](c2ccc(F)cc2)C1. The first-order valence-electron chi connectivity index (χ1n) is 11.3. The van der Waals surface area contributed by atoms with E-state index in [9.17, 15) is 40.3 Å². The van der Waals surface area contributed by atoms with E-state index in [1.807, 2.05) is 0 Å². The van der Waals surface area contributed by atoms with E-state index in [1.54, 1.807) is 0 Å². The van der Waals surface area contributed by atoms with Gasteiger partial charge in [-0.25, -0.2) is 4.39 Å². The maximum atomic E-state index is 13.6. The highest BCUT2D eigenvalue weighted by molar-refractivity contribution is 6.19. The minimum atomic E-state index is -5.07. The Morgan fingerprint density at radius 1 is 0.919 bits per heavy atom. The fourth-order valence-electron chi connectivity index (χ4n) is 4.58. The van der Waals surface area contributed by atoms with Crippen molar-refractivity contribution in [3.8, 4) is 0 Å². The van der Waals surface area contributed by atoms with Crippen molar-refractivity contribution in [1.82, 2.24) is 9.80 Å². The summed E-state index contributed by atoms with van der Waals surface area (Å²) in [7, 11) is 6.85. The van der Waals surface area contributed by atoms with Gasteiger partial charge in [0, 0.05) is 26.1 Å². The molecule has 0 saturated carbocycles. The number of carbonyl (C=O) groups excluding carboxylic acids is 2. The van der Waals surface area contributed by atoms with Crippen LogP contribution in [0.25, 0.3) is 0 Å². The molecule has 4 nitrogen and oxygen atoms in total. The zero-order chi connectivity index (χ0) is 27.9. The van der Waals surface area contributed by atoms with E-state index in [1.165, 1.54) is 55.0 Å². The minimum absolute atomic E-state index is 0.00557. The predicted octanol–water partition coefficient (Wildman–Crippen LogP) is 5.18. The smallest absolute Gasteiger partial charge is 0.341 e. The number of hydrogen-bond acceptors (Lipinski definition) is 2. The van der Waals surface area contributed by atoms with Gasteiger partial charge < -0.3 is 9.80 Å². The van der Waals surface area contributed by atoms with Crippen LogP contribution >= 0.6 is 0 Å². The molecule has 1 heterocycles. The van der Waals surface area contributed by atoms with Crippen LogP contribution in [0.4, 0.5) is 30.7 Å². The van der Waals surface area contributed by atoms with Gasteiger partial charge in [0.25, 0.3) is 0 Å². The summed E-state index contributed by atoms with van der Waals surface area (Å²) < 4.78 is 94.0. The molecular formula is C25H24BF7N2O2. The molecular weight excluding hydrogens is 504 g/mol. The number of nitrogens with zero attached hydrogens (tertiary/aromatic N) is 2. The second-order valence-electron chi connectivity index (χ2n) is 9.56. The third-order valence-corrected chi connectivity index (χ3v) is 6.78. The van der Waals surface area contributed by atoms with Crippen molar-refractivity contribution < 1.29 is 40.3 Å². The molecule has 1 fully saturated rings. The summed E-state index contributed by atoms with van der Waals surface area (Å²) >= 11 is 0. The number of likely N-dealkylation sites (tertiary alicyclic amines) is 1. The maximum Gasteiger partial charge on any atom is 0.416 e. The van der Waals surface area contributed by atoms with Crippen LogP contribution in [0.2, 0.25) is 6.32 Å². The quantitative estimate of drug-likeness (QED) is 0.397. The predicted molar refractivity (Wildman–Crippen MR) is 122 cm³/mol. The highest BCUT2D eigenvalue weighted by atomic mass is 19.4. The van der Waals surface area contributed by atoms with Gasteiger partial charge >= 0.3 is 12.4 Å². The number of benzene rings is 2. The Morgan fingerprint density at radius 2 is 1.41 bits per heavy atom. The Kier molecular flexibility index (Phi) is 7.72. The zero-order valence-corrected chi connectivity index (χ0v) is 20.3. The van der Waals surface area contributed by atoms with Gasteiger partial charge in [0.15, 0.2) is 0 Å². The molecule has 1 aliphatic heterocycles. The number of likely N-dealkylation sites (N-methyl/N-ethyl adjacent to an activating group) is 1. The second kappa shape index (κ2) is 10.0. The summed E-state index contributed by atoms with van der Waals surface area (Å²) in [6, 6.07) is 5.81. The number of rotatable bonds is 5. The number of carbonyl (C=O) groups is 2. The van der Waals surface area contributed by atoms with Gasteiger partial charge in [0.2, 0.25) is 11.8 Å². The van der Waals surface area contributed by atoms with Crippen LogP contribution < -0.4 is 0 Å². The van der Waals surface area contributed by atoms with E-state index < -0.39 is 64.0 Å². The van der Waals surface area contributed by atoms with E-state index in [2.05, 4.69) is 0 Å². The van der Waals surface area contributed by atoms with Crippen molar-refractivity contribution in [3.63, 3.8) is 0 Å². The third kappa shape index (κ3) is 5.93. The summed E-state index contributed by atoms with van der Waals surface area (Å²) in [5.41, 5.74) is -4.70. The Labute approximate surface area is 210 Å². The van der Waals surface area contributed by atoms with E-state index >= 15 is 0 Å². The normalized spacial score (nSPS) is 18.7.